The standard InChI is InChI=1S/C21H25N3O3/c1-13-22-18(24-27-13)21(9-6-10-21)23-17(25)15-11-20(15)12-19(2,3)26-16-8-5-4-7-14(16)20/h4-5,7-8,15H,6,9-12H2,1-3H3,(H,23,25)/t15-,20+/m1/s1. The first-order chi connectivity index (χ1) is 12.8. The van der Waals surface area contributed by atoms with E-state index in [0.29, 0.717) is 11.7 Å². The lowest BCUT2D eigenvalue weighted by atomic mass is 9.75. The third kappa shape index (κ3) is 2.49. The number of rotatable bonds is 3. The van der Waals surface area contributed by atoms with E-state index in [2.05, 4.69) is 35.4 Å². The molecule has 2 fully saturated rings. The van der Waals surface area contributed by atoms with Crippen LogP contribution in [0.25, 0.3) is 0 Å². The molecular formula is C21H25N3O3. The zero-order valence-electron chi connectivity index (χ0n) is 16.0. The van der Waals surface area contributed by atoms with Crippen LogP contribution in [-0.2, 0) is 15.7 Å². The van der Waals surface area contributed by atoms with E-state index in [-0.39, 0.29) is 22.8 Å². The van der Waals surface area contributed by atoms with E-state index >= 15 is 0 Å². The Morgan fingerprint density at radius 1 is 1.26 bits per heavy atom. The summed E-state index contributed by atoms with van der Waals surface area (Å²) in [5.74, 6) is 2.13. The minimum Gasteiger partial charge on any atom is -0.488 e. The maximum Gasteiger partial charge on any atom is 0.224 e. The number of nitrogens with zero attached hydrogens (tertiary/aromatic N) is 2. The van der Waals surface area contributed by atoms with Crippen molar-refractivity contribution in [3.8, 4) is 5.75 Å². The van der Waals surface area contributed by atoms with Gasteiger partial charge in [0.05, 0.1) is 0 Å². The molecule has 6 heteroatoms. The van der Waals surface area contributed by atoms with E-state index in [0.717, 1.165) is 37.9 Å². The summed E-state index contributed by atoms with van der Waals surface area (Å²) in [6.07, 6.45) is 4.51. The number of ether oxygens (including phenoxy) is 1. The van der Waals surface area contributed by atoms with E-state index < -0.39 is 5.54 Å². The molecule has 2 saturated carbocycles. The lowest BCUT2D eigenvalue weighted by molar-refractivity contribution is -0.126. The zero-order valence-corrected chi connectivity index (χ0v) is 16.0. The van der Waals surface area contributed by atoms with Gasteiger partial charge in [-0.3, -0.25) is 4.79 Å². The molecule has 0 unspecified atom stereocenters. The normalized spacial score (nSPS) is 29.4. The van der Waals surface area contributed by atoms with Gasteiger partial charge in [0, 0.05) is 23.8 Å². The molecule has 1 aromatic heterocycles. The van der Waals surface area contributed by atoms with Crippen molar-refractivity contribution in [3.05, 3.63) is 41.5 Å². The van der Waals surface area contributed by atoms with Gasteiger partial charge in [0.15, 0.2) is 5.82 Å². The monoisotopic (exact) mass is 367 g/mol. The van der Waals surface area contributed by atoms with Gasteiger partial charge in [0.25, 0.3) is 0 Å². The number of amides is 1. The Bertz CT molecular complexity index is 915. The predicted molar refractivity (Wildman–Crippen MR) is 98.3 cm³/mol. The number of hydrogen-bond acceptors (Lipinski definition) is 5. The Morgan fingerprint density at radius 2 is 2.04 bits per heavy atom. The SMILES string of the molecule is Cc1nc(C2(NC(=O)[C@H]3C[C@@]34CC(C)(C)Oc3ccccc34)CCC2)no1. The largest absolute Gasteiger partial charge is 0.488 e. The molecular weight excluding hydrogens is 342 g/mol. The highest BCUT2D eigenvalue weighted by Crippen LogP contribution is 2.63. The molecule has 142 valence electrons. The second-order valence-corrected chi connectivity index (χ2v) is 9.01. The van der Waals surface area contributed by atoms with Crippen LogP contribution in [0.4, 0.5) is 0 Å². The number of fused-ring (bicyclic) bond motifs is 2. The van der Waals surface area contributed by atoms with Crippen molar-refractivity contribution >= 4 is 5.91 Å². The molecule has 1 aliphatic heterocycles. The number of carbonyl (C=O) groups is 1. The molecule has 1 aromatic carbocycles. The van der Waals surface area contributed by atoms with Gasteiger partial charge in [0.1, 0.15) is 16.9 Å². The maximum atomic E-state index is 13.3. The number of carbonyl (C=O) groups excluding carboxylic acids is 1. The molecule has 0 saturated heterocycles. The molecule has 2 heterocycles. The average molecular weight is 367 g/mol. The molecule has 27 heavy (non-hydrogen) atoms. The molecule has 1 spiro atoms. The van der Waals surface area contributed by atoms with Crippen molar-refractivity contribution in [1.29, 1.82) is 0 Å². The molecule has 2 atom stereocenters. The van der Waals surface area contributed by atoms with Crippen LogP contribution in [-0.4, -0.2) is 21.6 Å². The second kappa shape index (κ2) is 5.33. The summed E-state index contributed by atoms with van der Waals surface area (Å²) in [6.45, 7) is 5.99. The van der Waals surface area contributed by atoms with Crippen LogP contribution in [0.1, 0.15) is 63.2 Å². The molecule has 1 amide bonds. The highest BCUT2D eigenvalue weighted by Gasteiger charge is 2.64. The molecule has 6 nitrogen and oxygen atoms in total. The van der Waals surface area contributed by atoms with E-state index in [1.807, 2.05) is 18.2 Å². The lowest BCUT2D eigenvalue weighted by Gasteiger charge is -2.41. The van der Waals surface area contributed by atoms with Crippen LogP contribution >= 0.6 is 0 Å². The molecule has 0 radical (unpaired) electrons. The summed E-state index contributed by atoms with van der Waals surface area (Å²) in [5.41, 5.74) is 0.310. The summed E-state index contributed by atoms with van der Waals surface area (Å²) in [7, 11) is 0. The van der Waals surface area contributed by atoms with Gasteiger partial charge in [0.2, 0.25) is 11.8 Å². The summed E-state index contributed by atoms with van der Waals surface area (Å²) in [4.78, 5) is 17.6. The highest BCUT2D eigenvalue weighted by molar-refractivity contribution is 5.85. The zero-order chi connectivity index (χ0) is 18.9. The Hall–Kier alpha value is -2.37. The average Bonchev–Trinajstić information content (AvgIpc) is 3.10. The topological polar surface area (TPSA) is 77.2 Å². The van der Waals surface area contributed by atoms with E-state index in [4.69, 9.17) is 9.26 Å². The van der Waals surface area contributed by atoms with Crippen LogP contribution in [0, 0.1) is 12.8 Å². The van der Waals surface area contributed by atoms with E-state index in [1.54, 1.807) is 6.92 Å². The van der Waals surface area contributed by atoms with Gasteiger partial charge in [-0.1, -0.05) is 23.4 Å². The smallest absolute Gasteiger partial charge is 0.224 e. The maximum absolute atomic E-state index is 13.3. The number of nitrogens with one attached hydrogen (secondary N) is 1. The Kier molecular flexibility index (Phi) is 3.31. The first kappa shape index (κ1) is 16.8. The summed E-state index contributed by atoms with van der Waals surface area (Å²) in [6, 6.07) is 8.15. The molecule has 1 N–H and O–H groups in total. The third-order valence-corrected chi connectivity index (χ3v) is 6.47. The van der Waals surface area contributed by atoms with Crippen molar-refractivity contribution in [2.45, 2.75) is 69.4 Å². The first-order valence-corrected chi connectivity index (χ1v) is 9.75. The van der Waals surface area contributed by atoms with E-state index in [9.17, 15) is 4.79 Å². The molecule has 2 aliphatic carbocycles. The molecule has 3 aliphatic rings. The van der Waals surface area contributed by atoms with Gasteiger partial charge in [-0.2, -0.15) is 4.98 Å². The molecule has 5 rings (SSSR count). The number of benzene rings is 1. The fourth-order valence-corrected chi connectivity index (χ4v) is 5.05. The minimum absolute atomic E-state index is 0.0349. The van der Waals surface area contributed by atoms with Crippen molar-refractivity contribution in [2.75, 3.05) is 0 Å². The third-order valence-electron chi connectivity index (χ3n) is 6.47. The van der Waals surface area contributed by atoms with Gasteiger partial charge >= 0.3 is 0 Å². The number of aryl methyl sites for hydroxylation is 1. The number of hydrogen-bond donors (Lipinski definition) is 1. The highest BCUT2D eigenvalue weighted by atomic mass is 16.5. The molecule has 2 aromatic rings. The second-order valence-electron chi connectivity index (χ2n) is 9.01. The first-order valence-electron chi connectivity index (χ1n) is 9.75. The van der Waals surface area contributed by atoms with Gasteiger partial charge in [-0.15, -0.1) is 0 Å². The van der Waals surface area contributed by atoms with Crippen LogP contribution in [0.5, 0.6) is 5.75 Å². The Labute approximate surface area is 158 Å². The summed E-state index contributed by atoms with van der Waals surface area (Å²) >= 11 is 0. The Balaban J connectivity index is 1.42. The van der Waals surface area contributed by atoms with Gasteiger partial charge in [-0.25, -0.2) is 0 Å². The lowest BCUT2D eigenvalue weighted by Crippen LogP contribution is -2.52. The van der Waals surface area contributed by atoms with Crippen LogP contribution < -0.4 is 10.1 Å². The molecule has 0 bridgehead atoms. The minimum atomic E-state index is -0.459. The summed E-state index contributed by atoms with van der Waals surface area (Å²) in [5, 5.41) is 7.37. The number of para-hydroxylation sites is 1. The fraction of sp³-hybridized carbons (Fsp3) is 0.571. The van der Waals surface area contributed by atoms with Gasteiger partial charge in [-0.05, 0) is 52.0 Å². The van der Waals surface area contributed by atoms with Crippen molar-refractivity contribution in [1.82, 2.24) is 15.5 Å². The van der Waals surface area contributed by atoms with Crippen molar-refractivity contribution in [2.24, 2.45) is 5.92 Å². The summed E-state index contributed by atoms with van der Waals surface area (Å²) < 4.78 is 11.3. The number of aromatic nitrogens is 2. The predicted octanol–water partition coefficient (Wildman–Crippen LogP) is 3.39. The quantitative estimate of drug-likeness (QED) is 0.900. The van der Waals surface area contributed by atoms with Crippen molar-refractivity contribution < 1.29 is 14.1 Å². The van der Waals surface area contributed by atoms with Crippen molar-refractivity contribution in [3.63, 3.8) is 0 Å². The van der Waals surface area contributed by atoms with Crippen LogP contribution in [0.2, 0.25) is 0 Å². The Morgan fingerprint density at radius 3 is 2.70 bits per heavy atom. The van der Waals surface area contributed by atoms with Gasteiger partial charge < -0.3 is 14.6 Å². The van der Waals surface area contributed by atoms with Crippen LogP contribution in [0.15, 0.2) is 28.8 Å². The van der Waals surface area contributed by atoms with Crippen LogP contribution in [0.3, 0.4) is 0 Å². The van der Waals surface area contributed by atoms with E-state index in [1.165, 1.54) is 5.56 Å². The fourth-order valence-electron chi connectivity index (χ4n) is 5.05.